The summed E-state index contributed by atoms with van der Waals surface area (Å²) in [7, 11) is 0. The molecule has 1 saturated carbocycles. The molecule has 1 aliphatic carbocycles. The molecule has 1 fully saturated rings. The predicted molar refractivity (Wildman–Crippen MR) is 73.8 cm³/mol. The normalized spacial score (nSPS) is 23.1. The van der Waals surface area contributed by atoms with Crippen LogP contribution in [0.15, 0.2) is 18.2 Å². The number of rotatable bonds is 3. The summed E-state index contributed by atoms with van der Waals surface area (Å²) in [5.74, 6) is -0.216. The van der Waals surface area contributed by atoms with E-state index in [0.717, 1.165) is 24.6 Å². The second-order valence-corrected chi connectivity index (χ2v) is 5.61. The van der Waals surface area contributed by atoms with Gasteiger partial charge in [0.15, 0.2) is 0 Å². The van der Waals surface area contributed by atoms with E-state index in [0.29, 0.717) is 11.5 Å². The molecule has 1 amide bonds. The Kier molecular flexibility index (Phi) is 4.62. The van der Waals surface area contributed by atoms with Gasteiger partial charge in [0.2, 0.25) is 0 Å². The highest BCUT2D eigenvalue weighted by Gasteiger charge is 2.27. The summed E-state index contributed by atoms with van der Waals surface area (Å²) >= 11 is 9.13. The zero-order chi connectivity index (χ0) is 13.1. The van der Waals surface area contributed by atoms with Gasteiger partial charge in [-0.3, -0.25) is 4.79 Å². The van der Waals surface area contributed by atoms with Crippen LogP contribution >= 0.6 is 27.5 Å². The maximum Gasteiger partial charge on any atom is 0.251 e. The summed E-state index contributed by atoms with van der Waals surface area (Å²) in [6.07, 6.45) is 3.25. The summed E-state index contributed by atoms with van der Waals surface area (Å²) in [6.45, 7) is 0. The van der Waals surface area contributed by atoms with E-state index in [1.807, 2.05) is 0 Å². The number of alkyl halides is 1. The quantitative estimate of drug-likeness (QED) is 0.838. The zero-order valence-electron chi connectivity index (χ0n) is 9.76. The Hall–Kier alpha value is -0.610. The molecule has 0 radical (unpaired) electrons. The third-order valence-electron chi connectivity index (χ3n) is 3.36. The van der Waals surface area contributed by atoms with Gasteiger partial charge in [-0.05, 0) is 37.0 Å². The Bertz CT molecular complexity index is 455. The van der Waals surface area contributed by atoms with Gasteiger partial charge in [0.05, 0.1) is 5.02 Å². The Morgan fingerprint density at radius 3 is 2.94 bits per heavy atom. The summed E-state index contributed by atoms with van der Waals surface area (Å²) in [5.41, 5.74) is 0.404. The number of nitrogens with one attached hydrogen (secondary N) is 1. The maximum absolute atomic E-state index is 13.0. The number of benzene rings is 1. The maximum atomic E-state index is 13.0. The highest BCUT2D eigenvalue weighted by atomic mass is 79.9. The molecule has 2 rings (SSSR count). The van der Waals surface area contributed by atoms with Crippen LogP contribution in [0.2, 0.25) is 5.02 Å². The molecule has 18 heavy (non-hydrogen) atoms. The van der Waals surface area contributed by atoms with E-state index in [1.165, 1.54) is 18.2 Å². The van der Waals surface area contributed by atoms with Crippen LogP contribution in [0.1, 0.15) is 29.6 Å². The Balaban J connectivity index is 2.05. The fourth-order valence-corrected chi connectivity index (χ4v) is 3.26. The minimum absolute atomic E-state index is 0.0221. The first-order valence-electron chi connectivity index (χ1n) is 5.93. The predicted octanol–water partition coefficient (Wildman–Crippen LogP) is 3.77. The van der Waals surface area contributed by atoms with Crippen LogP contribution < -0.4 is 5.32 Å². The first-order valence-corrected chi connectivity index (χ1v) is 7.43. The highest BCUT2D eigenvalue weighted by Crippen LogP contribution is 2.27. The van der Waals surface area contributed by atoms with E-state index in [9.17, 15) is 9.18 Å². The van der Waals surface area contributed by atoms with Crippen LogP contribution in [0.25, 0.3) is 0 Å². The Morgan fingerprint density at radius 1 is 1.50 bits per heavy atom. The van der Waals surface area contributed by atoms with Gasteiger partial charge in [-0.1, -0.05) is 34.0 Å². The van der Waals surface area contributed by atoms with Crippen molar-refractivity contribution >= 4 is 33.4 Å². The molecule has 1 aliphatic rings. The van der Waals surface area contributed by atoms with Gasteiger partial charge in [-0.25, -0.2) is 4.39 Å². The van der Waals surface area contributed by atoms with Gasteiger partial charge < -0.3 is 5.32 Å². The smallest absolute Gasteiger partial charge is 0.251 e. The van der Waals surface area contributed by atoms with E-state index >= 15 is 0 Å². The largest absolute Gasteiger partial charge is 0.349 e. The Labute approximate surface area is 119 Å². The lowest BCUT2D eigenvalue weighted by atomic mass is 10.1. The van der Waals surface area contributed by atoms with Crippen LogP contribution in [0.4, 0.5) is 4.39 Å². The van der Waals surface area contributed by atoms with Crippen LogP contribution in [0.3, 0.4) is 0 Å². The molecule has 0 heterocycles. The van der Waals surface area contributed by atoms with Crippen molar-refractivity contribution < 1.29 is 9.18 Å². The molecule has 0 spiro atoms. The standard InChI is InChI=1S/C13H14BrClFNO/c14-7-9-2-1-3-12(9)17-13(18)8-4-5-11(16)10(15)6-8/h4-6,9,12H,1-3,7H2,(H,17,18). The summed E-state index contributed by atoms with van der Waals surface area (Å²) in [4.78, 5) is 12.0. The SMILES string of the molecule is O=C(NC1CCCC1CBr)c1ccc(F)c(Cl)c1. The molecule has 1 aromatic rings. The third-order valence-corrected chi connectivity index (χ3v) is 4.48. The summed E-state index contributed by atoms with van der Waals surface area (Å²) in [6, 6.07) is 4.23. The van der Waals surface area contributed by atoms with Crippen LogP contribution in [0, 0.1) is 11.7 Å². The van der Waals surface area contributed by atoms with Gasteiger partial charge >= 0.3 is 0 Å². The van der Waals surface area contributed by atoms with E-state index in [4.69, 9.17) is 11.6 Å². The minimum Gasteiger partial charge on any atom is -0.349 e. The van der Waals surface area contributed by atoms with Crippen molar-refractivity contribution in [3.05, 3.63) is 34.6 Å². The molecule has 0 aliphatic heterocycles. The fourth-order valence-electron chi connectivity index (χ4n) is 2.30. The average molecular weight is 335 g/mol. The second-order valence-electron chi connectivity index (χ2n) is 4.55. The molecule has 0 aromatic heterocycles. The number of carbonyl (C=O) groups excluding carboxylic acids is 1. The molecule has 1 aromatic carbocycles. The van der Waals surface area contributed by atoms with Crippen LogP contribution in [0.5, 0.6) is 0 Å². The van der Waals surface area contributed by atoms with Gasteiger partial charge in [-0.2, -0.15) is 0 Å². The van der Waals surface area contributed by atoms with Gasteiger partial charge in [0, 0.05) is 16.9 Å². The van der Waals surface area contributed by atoms with Crippen molar-refractivity contribution in [3.8, 4) is 0 Å². The zero-order valence-corrected chi connectivity index (χ0v) is 12.1. The van der Waals surface area contributed by atoms with E-state index in [1.54, 1.807) is 0 Å². The molecule has 2 nitrogen and oxygen atoms in total. The lowest BCUT2D eigenvalue weighted by molar-refractivity contribution is 0.0930. The number of hydrogen-bond donors (Lipinski definition) is 1. The number of halogens is 3. The van der Waals surface area contributed by atoms with E-state index in [2.05, 4.69) is 21.2 Å². The van der Waals surface area contributed by atoms with Crippen molar-refractivity contribution in [2.45, 2.75) is 25.3 Å². The summed E-state index contributed by atoms with van der Waals surface area (Å²) in [5, 5.41) is 3.86. The molecule has 0 saturated heterocycles. The molecule has 2 unspecified atom stereocenters. The number of hydrogen-bond acceptors (Lipinski definition) is 1. The van der Waals surface area contributed by atoms with Gasteiger partial charge in [0.25, 0.3) is 5.91 Å². The molecule has 0 bridgehead atoms. The number of amides is 1. The molecular weight excluding hydrogens is 321 g/mol. The molecule has 5 heteroatoms. The van der Waals surface area contributed by atoms with Crippen molar-refractivity contribution in [1.82, 2.24) is 5.32 Å². The van der Waals surface area contributed by atoms with Gasteiger partial charge in [-0.15, -0.1) is 0 Å². The number of carbonyl (C=O) groups is 1. The first kappa shape index (κ1) is 13.8. The molecular formula is C13H14BrClFNO. The average Bonchev–Trinajstić information content (AvgIpc) is 2.79. The Morgan fingerprint density at radius 2 is 2.28 bits per heavy atom. The third kappa shape index (κ3) is 3.04. The monoisotopic (exact) mass is 333 g/mol. The van der Waals surface area contributed by atoms with Crippen LogP contribution in [-0.4, -0.2) is 17.3 Å². The van der Waals surface area contributed by atoms with E-state index < -0.39 is 5.82 Å². The lowest BCUT2D eigenvalue weighted by Gasteiger charge is -2.19. The van der Waals surface area contributed by atoms with Crippen molar-refractivity contribution in [2.75, 3.05) is 5.33 Å². The fraction of sp³-hybridized carbons (Fsp3) is 0.462. The topological polar surface area (TPSA) is 29.1 Å². The lowest BCUT2D eigenvalue weighted by Crippen LogP contribution is -2.37. The highest BCUT2D eigenvalue weighted by molar-refractivity contribution is 9.09. The molecule has 98 valence electrons. The molecule has 1 N–H and O–H groups in total. The summed E-state index contributed by atoms with van der Waals surface area (Å²) < 4.78 is 13.0. The van der Waals surface area contributed by atoms with Crippen LogP contribution in [-0.2, 0) is 0 Å². The van der Waals surface area contributed by atoms with Gasteiger partial charge in [0.1, 0.15) is 5.82 Å². The first-order chi connectivity index (χ1) is 8.61. The van der Waals surface area contributed by atoms with Crippen molar-refractivity contribution in [2.24, 2.45) is 5.92 Å². The minimum atomic E-state index is -0.507. The second kappa shape index (κ2) is 6.02. The van der Waals surface area contributed by atoms with Crippen molar-refractivity contribution in [1.29, 1.82) is 0 Å². The molecule has 2 atom stereocenters. The van der Waals surface area contributed by atoms with Crippen molar-refractivity contribution in [3.63, 3.8) is 0 Å². The van der Waals surface area contributed by atoms with E-state index in [-0.39, 0.29) is 17.0 Å².